The van der Waals surface area contributed by atoms with Gasteiger partial charge in [-0.05, 0) is 49.4 Å². The topological polar surface area (TPSA) is 0 Å². The van der Waals surface area contributed by atoms with Crippen LogP contribution in [0.3, 0.4) is 0 Å². The van der Waals surface area contributed by atoms with Crippen molar-refractivity contribution >= 4 is 0 Å². The lowest BCUT2D eigenvalue weighted by Crippen LogP contribution is -2.25. The van der Waals surface area contributed by atoms with Gasteiger partial charge in [0.1, 0.15) is 0 Å². The fraction of sp³-hybridized carbons (Fsp3) is 1.00. The van der Waals surface area contributed by atoms with Crippen LogP contribution in [0.5, 0.6) is 0 Å². The Bertz CT molecular complexity index is 180. The van der Waals surface area contributed by atoms with E-state index in [1.807, 2.05) is 13.8 Å². The highest BCUT2D eigenvalue weighted by molar-refractivity contribution is 4.81. The molecule has 2 saturated carbocycles. The van der Waals surface area contributed by atoms with Gasteiger partial charge in [-0.1, -0.05) is 66.2 Å². The van der Waals surface area contributed by atoms with E-state index < -0.39 is 0 Å². The average Bonchev–Trinajstić information content (AvgIpc) is 2.43. The van der Waals surface area contributed by atoms with E-state index in [4.69, 9.17) is 0 Å². The molecule has 2 rings (SSSR count). The summed E-state index contributed by atoms with van der Waals surface area (Å²) in [4.78, 5) is 0. The maximum absolute atomic E-state index is 2.44. The smallest absolute Gasteiger partial charge is 0.0386 e. The molecule has 0 radical (unpaired) electrons. The molecule has 0 aromatic carbocycles. The van der Waals surface area contributed by atoms with Crippen LogP contribution in [0.2, 0.25) is 0 Å². The van der Waals surface area contributed by atoms with Crippen LogP contribution in [-0.2, 0) is 0 Å². The van der Waals surface area contributed by atoms with Crippen LogP contribution in [0, 0.1) is 23.7 Å². The number of hydrogen-bond acceptors (Lipinski definition) is 0. The van der Waals surface area contributed by atoms with Gasteiger partial charge in [0, 0.05) is 0 Å². The lowest BCUT2D eigenvalue weighted by atomic mass is 9.69. The maximum atomic E-state index is 2.44. The molecule has 0 aliphatic heterocycles. The largest absolute Gasteiger partial charge is 0.0683 e. The standard InChI is InChI=1S/C16H30.C2H6/c1-3-4-14-7-11-16(12-8-14)15-9-5-13(2)6-10-15;1-2/h13-16H,3-12H2,1-2H3;1-2H3. The molecule has 0 heterocycles. The first-order valence-electron chi connectivity index (χ1n) is 8.79. The van der Waals surface area contributed by atoms with Crippen LogP contribution < -0.4 is 0 Å². The van der Waals surface area contributed by atoms with Gasteiger partial charge in [0.05, 0.1) is 0 Å². The zero-order valence-corrected chi connectivity index (χ0v) is 13.4. The minimum absolute atomic E-state index is 1.02. The molecule has 108 valence electrons. The predicted octanol–water partition coefficient (Wildman–Crippen LogP) is 6.45. The van der Waals surface area contributed by atoms with Gasteiger partial charge in [-0.2, -0.15) is 0 Å². The van der Waals surface area contributed by atoms with Crippen molar-refractivity contribution in [2.24, 2.45) is 23.7 Å². The summed E-state index contributed by atoms with van der Waals surface area (Å²) in [6, 6.07) is 0. The monoisotopic (exact) mass is 252 g/mol. The van der Waals surface area contributed by atoms with Crippen LogP contribution in [0.15, 0.2) is 0 Å². The van der Waals surface area contributed by atoms with E-state index >= 15 is 0 Å². The molecular weight excluding hydrogens is 216 g/mol. The van der Waals surface area contributed by atoms with Crippen LogP contribution in [0.25, 0.3) is 0 Å². The van der Waals surface area contributed by atoms with Crippen LogP contribution >= 0.6 is 0 Å². The lowest BCUT2D eigenvalue weighted by molar-refractivity contribution is 0.147. The molecule has 0 amide bonds. The van der Waals surface area contributed by atoms with E-state index in [0.29, 0.717) is 0 Å². The molecule has 0 saturated heterocycles. The predicted molar refractivity (Wildman–Crippen MR) is 82.8 cm³/mol. The van der Waals surface area contributed by atoms with E-state index in [1.54, 1.807) is 38.5 Å². The van der Waals surface area contributed by atoms with Crippen LogP contribution in [0.4, 0.5) is 0 Å². The van der Waals surface area contributed by atoms with E-state index in [-0.39, 0.29) is 0 Å². The fourth-order valence-electron chi connectivity index (χ4n) is 4.11. The summed E-state index contributed by atoms with van der Waals surface area (Å²) in [5, 5.41) is 0. The van der Waals surface area contributed by atoms with E-state index in [1.165, 1.54) is 25.7 Å². The Kier molecular flexibility index (Phi) is 8.02. The first-order chi connectivity index (χ1) is 8.79. The highest BCUT2D eigenvalue weighted by atomic mass is 14.3. The SMILES string of the molecule is CC.CCCC1CCC(C2CCC(C)CC2)CC1. The van der Waals surface area contributed by atoms with Crippen molar-refractivity contribution in [3.05, 3.63) is 0 Å². The second-order valence-corrected chi connectivity index (χ2v) is 6.59. The van der Waals surface area contributed by atoms with E-state index in [0.717, 1.165) is 23.7 Å². The molecule has 0 heteroatoms. The van der Waals surface area contributed by atoms with Gasteiger partial charge in [-0.15, -0.1) is 0 Å². The Balaban J connectivity index is 0.000000771. The average molecular weight is 252 g/mol. The first-order valence-corrected chi connectivity index (χ1v) is 8.79. The van der Waals surface area contributed by atoms with Crippen molar-refractivity contribution in [3.63, 3.8) is 0 Å². The summed E-state index contributed by atoms with van der Waals surface area (Å²) in [5.74, 6) is 4.33. The normalized spacial score (nSPS) is 36.7. The summed E-state index contributed by atoms with van der Waals surface area (Å²) in [6.07, 6.45) is 15.2. The third-order valence-electron chi connectivity index (χ3n) is 5.32. The summed E-state index contributed by atoms with van der Waals surface area (Å²) in [5.41, 5.74) is 0. The summed E-state index contributed by atoms with van der Waals surface area (Å²) >= 11 is 0. The molecule has 0 unspecified atom stereocenters. The van der Waals surface area contributed by atoms with Gasteiger partial charge in [0.25, 0.3) is 0 Å². The van der Waals surface area contributed by atoms with Crippen molar-refractivity contribution in [1.29, 1.82) is 0 Å². The summed E-state index contributed by atoms with van der Waals surface area (Å²) < 4.78 is 0. The quantitative estimate of drug-likeness (QED) is 0.542. The Morgan fingerprint density at radius 3 is 1.61 bits per heavy atom. The molecule has 0 N–H and O–H groups in total. The van der Waals surface area contributed by atoms with Gasteiger partial charge in [0.2, 0.25) is 0 Å². The highest BCUT2D eigenvalue weighted by Gasteiger charge is 2.29. The molecule has 0 aromatic heterocycles. The van der Waals surface area contributed by atoms with Crippen LogP contribution in [-0.4, -0.2) is 0 Å². The molecule has 2 aliphatic carbocycles. The summed E-state index contributed by atoms with van der Waals surface area (Å²) in [6.45, 7) is 8.78. The van der Waals surface area contributed by atoms with Gasteiger partial charge in [0.15, 0.2) is 0 Å². The Morgan fingerprint density at radius 2 is 1.17 bits per heavy atom. The molecule has 0 bridgehead atoms. The van der Waals surface area contributed by atoms with Crippen molar-refractivity contribution in [2.75, 3.05) is 0 Å². The zero-order valence-electron chi connectivity index (χ0n) is 13.4. The molecule has 18 heavy (non-hydrogen) atoms. The zero-order chi connectivity index (χ0) is 13.4. The minimum Gasteiger partial charge on any atom is -0.0683 e. The van der Waals surface area contributed by atoms with Gasteiger partial charge < -0.3 is 0 Å². The van der Waals surface area contributed by atoms with Gasteiger partial charge >= 0.3 is 0 Å². The van der Waals surface area contributed by atoms with Gasteiger partial charge in [-0.3, -0.25) is 0 Å². The minimum atomic E-state index is 1.02. The third-order valence-corrected chi connectivity index (χ3v) is 5.32. The summed E-state index contributed by atoms with van der Waals surface area (Å²) in [7, 11) is 0. The number of hydrogen-bond donors (Lipinski definition) is 0. The molecule has 0 atom stereocenters. The van der Waals surface area contributed by atoms with Crippen molar-refractivity contribution in [1.82, 2.24) is 0 Å². The molecular formula is C18H36. The van der Waals surface area contributed by atoms with Crippen molar-refractivity contribution in [2.45, 2.75) is 91.9 Å². The van der Waals surface area contributed by atoms with Crippen molar-refractivity contribution in [3.8, 4) is 0 Å². The Morgan fingerprint density at radius 1 is 0.722 bits per heavy atom. The molecule has 0 spiro atoms. The molecule has 2 fully saturated rings. The molecule has 2 aliphatic rings. The van der Waals surface area contributed by atoms with Crippen LogP contribution in [0.1, 0.15) is 91.9 Å². The number of rotatable bonds is 3. The lowest BCUT2D eigenvalue weighted by Gasteiger charge is -2.37. The first kappa shape index (κ1) is 16.1. The molecule has 0 aromatic rings. The Hall–Kier alpha value is 0. The van der Waals surface area contributed by atoms with E-state index in [9.17, 15) is 0 Å². The molecule has 0 nitrogen and oxygen atoms in total. The van der Waals surface area contributed by atoms with Gasteiger partial charge in [-0.25, -0.2) is 0 Å². The Labute approximate surface area is 116 Å². The van der Waals surface area contributed by atoms with E-state index in [2.05, 4.69) is 13.8 Å². The van der Waals surface area contributed by atoms with Crippen molar-refractivity contribution < 1.29 is 0 Å². The second-order valence-electron chi connectivity index (χ2n) is 6.59. The fourth-order valence-corrected chi connectivity index (χ4v) is 4.11. The third kappa shape index (κ3) is 4.94. The maximum Gasteiger partial charge on any atom is -0.0386 e. The highest BCUT2D eigenvalue weighted by Crippen LogP contribution is 2.41. The second kappa shape index (κ2) is 8.99.